The van der Waals surface area contributed by atoms with E-state index in [1.807, 2.05) is 12.1 Å². The Morgan fingerprint density at radius 2 is 2.05 bits per heavy atom. The van der Waals surface area contributed by atoms with Crippen LogP contribution in [-0.2, 0) is 6.54 Å². The van der Waals surface area contributed by atoms with E-state index in [0.29, 0.717) is 0 Å². The molecule has 1 rings (SSSR count). The molecule has 0 aromatic heterocycles. The number of hydrogen-bond acceptors (Lipinski definition) is 2. The maximum atomic E-state index is 4.13. The summed E-state index contributed by atoms with van der Waals surface area (Å²) in [4.78, 5) is 6.42. The molecule has 0 radical (unpaired) electrons. The van der Waals surface area contributed by atoms with E-state index in [0.717, 1.165) is 32.1 Å². The number of benzene rings is 1. The quantitative estimate of drug-likeness (QED) is 0.443. The van der Waals surface area contributed by atoms with Crippen molar-refractivity contribution in [2.45, 2.75) is 6.54 Å². The number of likely N-dealkylation sites (N-methyl/N-ethyl adjacent to an activating group) is 1. The second kappa shape index (κ2) is 9.16. The summed E-state index contributed by atoms with van der Waals surface area (Å²) in [6.45, 7) is 7.17. The minimum atomic E-state index is 0.722. The van der Waals surface area contributed by atoms with Crippen LogP contribution in [0.1, 0.15) is 5.56 Å². The molecule has 0 unspecified atom stereocenters. The van der Waals surface area contributed by atoms with Crippen molar-refractivity contribution in [3.05, 3.63) is 48.6 Å². The van der Waals surface area contributed by atoms with Gasteiger partial charge in [-0.3, -0.25) is 4.99 Å². The van der Waals surface area contributed by atoms with Crippen LogP contribution in [0.3, 0.4) is 0 Å². The molecule has 1 aromatic carbocycles. The Kier molecular flexibility index (Phi) is 7.35. The van der Waals surface area contributed by atoms with Gasteiger partial charge in [0.15, 0.2) is 5.96 Å². The summed E-state index contributed by atoms with van der Waals surface area (Å²) >= 11 is 0. The number of rotatable bonds is 7. The largest absolute Gasteiger partial charge is 0.355 e. The minimum Gasteiger partial charge on any atom is -0.355 e. The summed E-state index contributed by atoms with van der Waals surface area (Å²) in [5.41, 5.74) is 1.33. The van der Waals surface area contributed by atoms with Crippen LogP contribution in [-0.4, -0.2) is 44.6 Å². The fourth-order valence-electron chi connectivity index (χ4n) is 1.73. The zero-order chi connectivity index (χ0) is 13.9. The van der Waals surface area contributed by atoms with E-state index in [-0.39, 0.29) is 0 Å². The fourth-order valence-corrected chi connectivity index (χ4v) is 1.73. The molecule has 0 aliphatic heterocycles. The number of nitrogens with zero attached hydrogens (tertiary/aromatic N) is 2. The third-order valence-corrected chi connectivity index (χ3v) is 2.72. The Labute approximate surface area is 116 Å². The zero-order valence-corrected chi connectivity index (χ0v) is 11.9. The van der Waals surface area contributed by atoms with Crippen LogP contribution in [0.5, 0.6) is 0 Å². The van der Waals surface area contributed by atoms with Crippen molar-refractivity contribution < 1.29 is 0 Å². The van der Waals surface area contributed by atoms with E-state index in [1.54, 1.807) is 7.05 Å². The van der Waals surface area contributed by atoms with Crippen LogP contribution < -0.4 is 10.6 Å². The number of hydrogen-bond donors (Lipinski definition) is 2. The lowest BCUT2D eigenvalue weighted by molar-refractivity contribution is 0.331. The van der Waals surface area contributed by atoms with Gasteiger partial charge in [0.1, 0.15) is 0 Å². The van der Waals surface area contributed by atoms with E-state index in [1.165, 1.54) is 5.56 Å². The van der Waals surface area contributed by atoms with Crippen LogP contribution in [0, 0.1) is 0 Å². The zero-order valence-electron chi connectivity index (χ0n) is 11.9. The SMILES string of the molecule is C=CCNC(=NC)NCCN(C)Cc1ccccc1. The van der Waals surface area contributed by atoms with E-state index in [4.69, 9.17) is 0 Å². The number of guanidine groups is 1. The molecular weight excluding hydrogens is 236 g/mol. The highest BCUT2D eigenvalue weighted by atomic mass is 15.2. The molecule has 0 atom stereocenters. The molecule has 0 aliphatic rings. The monoisotopic (exact) mass is 260 g/mol. The van der Waals surface area contributed by atoms with Gasteiger partial charge in [-0.25, -0.2) is 0 Å². The molecule has 0 saturated carbocycles. The second-order valence-corrected chi connectivity index (χ2v) is 4.39. The van der Waals surface area contributed by atoms with E-state index >= 15 is 0 Å². The number of nitrogens with one attached hydrogen (secondary N) is 2. The van der Waals surface area contributed by atoms with E-state index in [2.05, 4.69) is 58.4 Å². The number of aliphatic imine (C=N–C) groups is 1. The van der Waals surface area contributed by atoms with Gasteiger partial charge in [-0.15, -0.1) is 6.58 Å². The van der Waals surface area contributed by atoms with Gasteiger partial charge in [-0.1, -0.05) is 36.4 Å². The van der Waals surface area contributed by atoms with Gasteiger partial charge in [0.2, 0.25) is 0 Å². The summed E-state index contributed by atoms with van der Waals surface area (Å²) in [6.07, 6.45) is 1.81. The van der Waals surface area contributed by atoms with Gasteiger partial charge in [0.05, 0.1) is 0 Å². The van der Waals surface area contributed by atoms with Crippen molar-refractivity contribution in [2.24, 2.45) is 4.99 Å². The first kappa shape index (κ1) is 15.2. The highest BCUT2D eigenvalue weighted by molar-refractivity contribution is 5.79. The normalized spacial score (nSPS) is 11.4. The van der Waals surface area contributed by atoms with Gasteiger partial charge >= 0.3 is 0 Å². The van der Waals surface area contributed by atoms with Crippen LogP contribution in [0.4, 0.5) is 0 Å². The Bertz CT molecular complexity index is 386. The van der Waals surface area contributed by atoms with Gasteiger partial charge in [-0.2, -0.15) is 0 Å². The molecular formula is C15H24N4. The van der Waals surface area contributed by atoms with E-state index < -0.39 is 0 Å². The molecule has 0 bridgehead atoms. The molecule has 1 aromatic rings. The summed E-state index contributed by atoms with van der Waals surface area (Å²) in [7, 11) is 3.89. The van der Waals surface area contributed by atoms with Crippen molar-refractivity contribution in [3.8, 4) is 0 Å². The maximum Gasteiger partial charge on any atom is 0.191 e. The lowest BCUT2D eigenvalue weighted by atomic mass is 10.2. The average Bonchev–Trinajstić information content (AvgIpc) is 2.43. The summed E-state index contributed by atoms with van der Waals surface area (Å²) < 4.78 is 0. The second-order valence-electron chi connectivity index (χ2n) is 4.39. The first-order valence-electron chi connectivity index (χ1n) is 6.54. The maximum absolute atomic E-state index is 4.13. The molecule has 0 amide bonds. The molecule has 0 spiro atoms. The summed E-state index contributed by atoms with van der Waals surface area (Å²) in [6, 6.07) is 10.5. The standard InChI is InChI=1S/C15H24N4/c1-4-10-17-15(16-2)18-11-12-19(3)13-14-8-6-5-7-9-14/h4-9H,1,10-13H2,2-3H3,(H2,16,17,18). The predicted molar refractivity (Wildman–Crippen MR) is 82.3 cm³/mol. The van der Waals surface area contributed by atoms with Gasteiger partial charge in [0.25, 0.3) is 0 Å². The highest BCUT2D eigenvalue weighted by Crippen LogP contribution is 2.01. The van der Waals surface area contributed by atoms with Crippen LogP contribution in [0.2, 0.25) is 0 Å². The third-order valence-electron chi connectivity index (χ3n) is 2.72. The van der Waals surface area contributed by atoms with Crippen molar-refractivity contribution in [3.63, 3.8) is 0 Å². The van der Waals surface area contributed by atoms with Crippen molar-refractivity contribution >= 4 is 5.96 Å². The Balaban J connectivity index is 2.23. The Hall–Kier alpha value is -1.81. The minimum absolute atomic E-state index is 0.722. The van der Waals surface area contributed by atoms with Crippen molar-refractivity contribution in [1.82, 2.24) is 15.5 Å². The lowest BCUT2D eigenvalue weighted by Gasteiger charge is -2.18. The Morgan fingerprint density at radius 3 is 2.68 bits per heavy atom. The first-order chi connectivity index (χ1) is 9.26. The van der Waals surface area contributed by atoms with Crippen LogP contribution >= 0.6 is 0 Å². The molecule has 4 heteroatoms. The molecule has 19 heavy (non-hydrogen) atoms. The topological polar surface area (TPSA) is 39.7 Å². The Morgan fingerprint density at radius 1 is 1.32 bits per heavy atom. The molecule has 0 heterocycles. The van der Waals surface area contributed by atoms with Crippen LogP contribution in [0.15, 0.2) is 48.0 Å². The molecule has 4 nitrogen and oxygen atoms in total. The fraction of sp³-hybridized carbons (Fsp3) is 0.400. The molecule has 104 valence electrons. The molecule has 2 N–H and O–H groups in total. The average molecular weight is 260 g/mol. The van der Waals surface area contributed by atoms with Crippen LogP contribution in [0.25, 0.3) is 0 Å². The summed E-state index contributed by atoms with van der Waals surface area (Å²) in [5, 5.41) is 6.42. The van der Waals surface area contributed by atoms with Crippen molar-refractivity contribution in [1.29, 1.82) is 0 Å². The third kappa shape index (κ3) is 6.62. The summed E-state index contributed by atoms with van der Waals surface area (Å²) in [5.74, 6) is 0.813. The molecule has 0 aliphatic carbocycles. The lowest BCUT2D eigenvalue weighted by Crippen LogP contribution is -2.40. The first-order valence-corrected chi connectivity index (χ1v) is 6.54. The smallest absolute Gasteiger partial charge is 0.191 e. The van der Waals surface area contributed by atoms with Crippen molar-refractivity contribution in [2.75, 3.05) is 33.7 Å². The molecule has 0 fully saturated rings. The molecule has 0 saturated heterocycles. The van der Waals surface area contributed by atoms with Gasteiger partial charge in [-0.05, 0) is 12.6 Å². The van der Waals surface area contributed by atoms with Gasteiger partial charge < -0.3 is 15.5 Å². The van der Waals surface area contributed by atoms with E-state index in [9.17, 15) is 0 Å². The van der Waals surface area contributed by atoms with Gasteiger partial charge in [0, 0.05) is 33.2 Å². The highest BCUT2D eigenvalue weighted by Gasteiger charge is 2.00. The predicted octanol–water partition coefficient (Wildman–Crippen LogP) is 1.47.